The van der Waals surface area contributed by atoms with E-state index in [4.69, 9.17) is 4.74 Å². The molecule has 0 aromatic heterocycles. The molecule has 0 aliphatic carbocycles. The van der Waals surface area contributed by atoms with Crippen LogP contribution in [0.2, 0.25) is 0 Å². The van der Waals surface area contributed by atoms with Gasteiger partial charge in [-0.3, -0.25) is 14.9 Å². The van der Waals surface area contributed by atoms with Crippen molar-refractivity contribution in [2.24, 2.45) is 0 Å². The van der Waals surface area contributed by atoms with Crippen LogP contribution in [0.5, 0.6) is 5.75 Å². The van der Waals surface area contributed by atoms with Crippen molar-refractivity contribution in [2.45, 2.75) is 12.7 Å². The summed E-state index contributed by atoms with van der Waals surface area (Å²) in [6.07, 6.45) is 0. The van der Waals surface area contributed by atoms with E-state index in [-0.39, 0.29) is 22.9 Å². The molecule has 0 heterocycles. The van der Waals surface area contributed by atoms with Gasteiger partial charge in [-0.1, -0.05) is 30.3 Å². The van der Waals surface area contributed by atoms with Crippen LogP contribution in [0.4, 0.5) is 5.69 Å². The molecule has 132 valence electrons. The molecule has 25 heavy (non-hydrogen) atoms. The standard InChI is InChI=1S/C18H20N2O4S/c1-2-24-17-9-8-15(12-16(17)20(22)23)18(21)19-10-11-25-13-14-6-4-3-5-7-14/h3-9,12H,2,10-11,13H2,1H3,(H,19,21). The first kappa shape index (κ1) is 18.8. The molecule has 1 N–H and O–H groups in total. The predicted octanol–water partition coefficient (Wildman–Crippen LogP) is 3.66. The summed E-state index contributed by atoms with van der Waals surface area (Å²) in [6, 6.07) is 14.3. The SMILES string of the molecule is CCOc1ccc(C(=O)NCCSCc2ccccc2)cc1[N+](=O)[O-]. The summed E-state index contributed by atoms with van der Waals surface area (Å²) >= 11 is 1.72. The van der Waals surface area contributed by atoms with Crippen LogP contribution >= 0.6 is 11.8 Å². The van der Waals surface area contributed by atoms with Gasteiger partial charge in [0.25, 0.3) is 5.91 Å². The second kappa shape index (κ2) is 9.68. The number of nitrogens with one attached hydrogen (secondary N) is 1. The van der Waals surface area contributed by atoms with Crippen LogP contribution in [0, 0.1) is 10.1 Å². The third-order valence-corrected chi connectivity index (χ3v) is 4.39. The van der Waals surface area contributed by atoms with Crippen LogP contribution in [0.15, 0.2) is 48.5 Å². The van der Waals surface area contributed by atoms with E-state index in [0.29, 0.717) is 13.2 Å². The summed E-state index contributed by atoms with van der Waals surface area (Å²) in [5, 5.41) is 13.9. The van der Waals surface area contributed by atoms with Crippen molar-refractivity contribution in [1.82, 2.24) is 5.32 Å². The first-order chi connectivity index (χ1) is 12.1. The molecule has 0 fully saturated rings. The maximum Gasteiger partial charge on any atom is 0.311 e. The second-order valence-corrected chi connectivity index (χ2v) is 6.27. The van der Waals surface area contributed by atoms with Gasteiger partial charge in [-0.25, -0.2) is 0 Å². The minimum atomic E-state index is -0.544. The highest BCUT2D eigenvalue weighted by Crippen LogP contribution is 2.27. The number of carbonyl (C=O) groups is 1. The highest BCUT2D eigenvalue weighted by Gasteiger charge is 2.18. The molecule has 1 amide bonds. The molecular formula is C18H20N2O4S. The van der Waals surface area contributed by atoms with Crippen LogP contribution in [0.3, 0.4) is 0 Å². The van der Waals surface area contributed by atoms with Crippen molar-refractivity contribution < 1.29 is 14.5 Å². The molecule has 2 aromatic rings. The van der Waals surface area contributed by atoms with E-state index >= 15 is 0 Å². The van der Waals surface area contributed by atoms with Gasteiger partial charge >= 0.3 is 5.69 Å². The highest BCUT2D eigenvalue weighted by atomic mass is 32.2. The minimum Gasteiger partial charge on any atom is -0.487 e. The maximum absolute atomic E-state index is 12.1. The van der Waals surface area contributed by atoms with Crippen molar-refractivity contribution in [3.8, 4) is 5.75 Å². The summed E-state index contributed by atoms with van der Waals surface area (Å²) in [4.78, 5) is 22.7. The van der Waals surface area contributed by atoms with E-state index in [1.165, 1.54) is 23.8 Å². The number of hydrogen-bond acceptors (Lipinski definition) is 5. The van der Waals surface area contributed by atoms with Crippen molar-refractivity contribution in [3.63, 3.8) is 0 Å². The van der Waals surface area contributed by atoms with E-state index in [2.05, 4.69) is 17.4 Å². The number of benzene rings is 2. The summed E-state index contributed by atoms with van der Waals surface area (Å²) in [7, 11) is 0. The fraction of sp³-hybridized carbons (Fsp3) is 0.278. The molecule has 2 rings (SSSR count). The predicted molar refractivity (Wildman–Crippen MR) is 99.2 cm³/mol. The zero-order chi connectivity index (χ0) is 18.1. The zero-order valence-electron chi connectivity index (χ0n) is 13.9. The fourth-order valence-corrected chi connectivity index (χ4v) is 3.00. The van der Waals surface area contributed by atoms with Gasteiger partial charge in [0, 0.05) is 29.7 Å². The lowest BCUT2D eigenvalue weighted by Crippen LogP contribution is -2.25. The molecule has 0 bridgehead atoms. The van der Waals surface area contributed by atoms with Crippen molar-refractivity contribution in [2.75, 3.05) is 18.9 Å². The lowest BCUT2D eigenvalue weighted by Gasteiger charge is -2.08. The zero-order valence-corrected chi connectivity index (χ0v) is 14.8. The number of nitro groups is 1. The summed E-state index contributed by atoms with van der Waals surface area (Å²) in [5.41, 5.74) is 1.29. The average Bonchev–Trinajstić information content (AvgIpc) is 2.62. The summed E-state index contributed by atoms with van der Waals surface area (Å²) in [6.45, 7) is 2.57. The molecule has 0 unspecified atom stereocenters. The number of rotatable bonds is 9. The molecule has 6 nitrogen and oxygen atoms in total. The largest absolute Gasteiger partial charge is 0.487 e. The molecule has 0 aliphatic rings. The first-order valence-electron chi connectivity index (χ1n) is 7.93. The van der Waals surface area contributed by atoms with Crippen LogP contribution in [-0.2, 0) is 5.75 Å². The van der Waals surface area contributed by atoms with Gasteiger partial charge < -0.3 is 10.1 Å². The number of thioether (sulfide) groups is 1. The van der Waals surface area contributed by atoms with Crippen LogP contribution in [0.25, 0.3) is 0 Å². The molecule has 0 atom stereocenters. The normalized spacial score (nSPS) is 10.3. The lowest BCUT2D eigenvalue weighted by molar-refractivity contribution is -0.385. The maximum atomic E-state index is 12.1. The van der Waals surface area contributed by atoms with Gasteiger partial charge in [0.2, 0.25) is 0 Å². The Balaban J connectivity index is 1.84. The molecular weight excluding hydrogens is 340 g/mol. The fourth-order valence-electron chi connectivity index (χ4n) is 2.18. The van der Waals surface area contributed by atoms with Gasteiger partial charge in [0.1, 0.15) is 0 Å². The van der Waals surface area contributed by atoms with Crippen LogP contribution in [-0.4, -0.2) is 29.7 Å². The second-order valence-electron chi connectivity index (χ2n) is 5.17. The Hall–Kier alpha value is -2.54. The third-order valence-electron chi connectivity index (χ3n) is 3.36. The number of carbonyl (C=O) groups excluding carboxylic acids is 1. The lowest BCUT2D eigenvalue weighted by atomic mass is 10.1. The number of hydrogen-bond donors (Lipinski definition) is 1. The minimum absolute atomic E-state index is 0.169. The molecule has 0 radical (unpaired) electrons. The molecule has 0 aliphatic heterocycles. The van der Waals surface area contributed by atoms with E-state index in [1.54, 1.807) is 18.7 Å². The quantitative estimate of drug-likeness (QED) is 0.419. The van der Waals surface area contributed by atoms with Crippen molar-refractivity contribution >= 4 is 23.4 Å². The van der Waals surface area contributed by atoms with E-state index in [9.17, 15) is 14.9 Å². The summed E-state index contributed by atoms with van der Waals surface area (Å²) < 4.78 is 5.21. The van der Waals surface area contributed by atoms with E-state index < -0.39 is 4.92 Å². The Morgan fingerprint density at radius 2 is 2.00 bits per heavy atom. The van der Waals surface area contributed by atoms with Crippen LogP contribution in [0.1, 0.15) is 22.8 Å². The Kier molecular flexibility index (Phi) is 7.28. The van der Waals surface area contributed by atoms with E-state index in [0.717, 1.165) is 11.5 Å². The monoisotopic (exact) mass is 360 g/mol. The van der Waals surface area contributed by atoms with Crippen molar-refractivity contribution in [1.29, 1.82) is 0 Å². The Labute approximate surface area is 150 Å². The molecule has 0 saturated carbocycles. The first-order valence-corrected chi connectivity index (χ1v) is 9.08. The Bertz CT molecular complexity index is 722. The number of nitro benzene ring substituents is 1. The van der Waals surface area contributed by atoms with Crippen LogP contribution < -0.4 is 10.1 Å². The molecule has 2 aromatic carbocycles. The summed E-state index contributed by atoms with van der Waals surface area (Å²) in [5.74, 6) is 1.49. The third kappa shape index (κ3) is 5.79. The Morgan fingerprint density at radius 1 is 1.24 bits per heavy atom. The van der Waals surface area contributed by atoms with Crippen molar-refractivity contribution in [3.05, 3.63) is 69.8 Å². The number of ether oxygens (including phenoxy) is 1. The Morgan fingerprint density at radius 3 is 2.68 bits per heavy atom. The molecule has 0 saturated heterocycles. The van der Waals surface area contributed by atoms with Gasteiger partial charge in [0.15, 0.2) is 5.75 Å². The van der Waals surface area contributed by atoms with Gasteiger partial charge in [-0.05, 0) is 24.6 Å². The van der Waals surface area contributed by atoms with Gasteiger partial charge in [-0.2, -0.15) is 11.8 Å². The highest BCUT2D eigenvalue weighted by molar-refractivity contribution is 7.98. The topological polar surface area (TPSA) is 81.5 Å². The number of amides is 1. The smallest absolute Gasteiger partial charge is 0.311 e. The van der Waals surface area contributed by atoms with Gasteiger partial charge in [0.05, 0.1) is 11.5 Å². The molecule has 0 spiro atoms. The van der Waals surface area contributed by atoms with Gasteiger partial charge in [-0.15, -0.1) is 0 Å². The van der Waals surface area contributed by atoms with E-state index in [1.807, 2.05) is 18.2 Å². The number of nitrogens with zero attached hydrogens (tertiary/aromatic N) is 1. The average molecular weight is 360 g/mol. The molecule has 7 heteroatoms.